The molecule has 0 aliphatic heterocycles. The third-order valence-electron chi connectivity index (χ3n) is 3.31. The maximum Gasteiger partial charge on any atom is 0.0843 e. The van der Waals surface area contributed by atoms with Gasteiger partial charge in [0.15, 0.2) is 0 Å². The Hall–Kier alpha value is 0.580. The van der Waals surface area contributed by atoms with E-state index in [1.807, 2.05) is 0 Å². The summed E-state index contributed by atoms with van der Waals surface area (Å²) in [6, 6.07) is 2.43. The summed E-state index contributed by atoms with van der Waals surface area (Å²) in [6.45, 7) is 2.26. The van der Waals surface area contributed by atoms with Gasteiger partial charge in [0.05, 0.1) is 9.83 Å². The molecule has 0 fully saturated rings. The van der Waals surface area contributed by atoms with Crippen molar-refractivity contribution < 1.29 is 0 Å². The minimum Gasteiger partial charge on any atom is -0.271 e. The van der Waals surface area contributed by atoms with Crippen molar-refractivity contribution in [2.75, 3.05) is 0 Å². The van der Waals surface area contributed by atoms with Crippen LogP contribution in [-0.2, 0) is 0 Å². The molecule has 0 aromatic carbocycles. The van der Waals surface area contributed by atoms with Crippen molar-refractivity contribution in [2.45, 2.75) is 64.3 Å². The Labute approximate surface area is 137 Å². The van der Waals surface area contributed by atoms with Crippen molar-refractivity contribution in [1.29, 1.82) is 0 Å². The van der Waals surface area contributed by atoms with Crippen LogP contribution in [0.2, 0.25) is 0 Å². The molecule has 5 heteroatoms. The van der Waals surface area contributed by atoms with Gasteiger partial charge >= 0.3 is 0 Å². The first-order chi connectivity index (χ1) is 9.19. The second kappa shape index (κ2) is 10.3. The zero-order valence-electron chi connectivity index (χ0n) is 11.6. The lowest BCUT2D eigenvalue weighted by Crippen LogP contribution is -2.27. The Kier molecular flexibility index (Phi) is 9.58. The van der Waals surface area contributed by atoms with Crippen LogP contribution in [0.3, 0.4) is 0 Å². The number of nitrogens with one attached hydrogen (secondary N) is 1. The lowest BCUT2D eigenvalue weighted by molar-refractivity contribution is 0.481. The van der Waals surface area contributed by atoms with Crippen molar-refractivity contribution in [3.05, 3.63) is 19.2 Å². The lowest BCUT2D eigenvalue weighted by Gasteiger charge is -2.13. The molecule has 1 aromatic heterocycles. The van der Waals surface area contributed by atoms with Crippen molar-refractivity contribution >= 4 is 43.2 Å². The Morgan fingerprint density at radius 2 is 1.79 bits per heavy atom. The van der Waals surface area contributed by atoms with E-state index in [1.54, 1.807) is 11.3 Å². The van der Waals surface area contributed by atoms with Gasteiger partial charge in [-0.25, -0.2) is 0 Å². The number of hydrazine groups is 1. The summed E-state index contributed by atoms with van der Waals surface area (Å²) in [5, 5.41) is 0. The smallest absolute Gasteiger partial charge is 0.0843 e. The van der Waals surface area contributed by atoms with Gasteiger partial charge in [-0.15, -0.1) is 11.3 Å². The molecule has 0 aliphatic carbocycles. The van der Waals surface area contributed by atoms with Gasteiger partial charge in [0.25, 0.3) is 0 Å². The normalized spacial score (nSPS) is 12.8. The highest BCUT2D eigenvalue weighted by molar-refractivity contribution is 9.13. The van der Waals surface area contributed by atoms with Gasteiger partial charge in [0, 0.05) is 9.35 Å². The van der Waals surface area contributed by atoms with Crippen LogP contribution in [0.5, 0.6) is 0 Å². The van der Waals surface area contributed by atoms with E-state index >= 15 is 0 Å². The number of hydrogen-bond acceptors (Lipinski definition) is 3. The molecule has 0 bridgehead atoms. The van der Waals surface area contributed by atoms with Crippen LogP contribution in [-0.4, -0.2) is 0 Å². The molecule has 0 spiro atoms. The lowest BCUT2D eigenvalue weighted by atomic mass is 10.0. The number of unbranched alkanes of at least 4 members (excludes halogenated alkanes) is 6. The van der Waals surface area contributed by atoms with E-state index < -0.39 is 0 Å². The molecule has 1 aromatic rings. The number of halogens is 2. The molecule has 2 nitrogen and oxygen atoms in total. The minimum absolute atomic E-state index is 0.281. The third kappa shape index (κ3) is 6.71. The van der Waals surface area contributed by atoms with Crippen LogP contribution in [0, 0.1) is 0 Å². The van der Waals surface area contributed by atoms with E-state index in [1.165, 1.54) is 49.8 Å². The van der Waals surface area contributed by atoms with E-state index in [2.05, 4.69) is 50.3 Å². The molecule has 19 heavy (non-hydrogen) atoms. The fourth-order valence-electron chi connectivity index (χ4n) is 2.15. The zero-order chi connectivity index (χ0) is 14.1. The number of thiophene rings is 1. The summed E-state index contributed by atoms with van der Waals surface area (Å²) in [4.78, 5) is 1.30. The molecular formula is C14H24Br2N2S. The summed E-state index contributed by atoms with van der Waals surface area (Å²) in [5.41, 5.74) is 2.94. The SMILES string of the molecule is CCCCCCCCCC(NN)c1cc(Br)c(Br)s1. The van der Waals surface area contributed by atoms with Gasteiger partial charge in [-0.2, -0.15) is 0 Å². The Morgan fingerprint density at radius 3 is 2.32 bits per heavy atom. The van der Waals surface area contributed by atoms with Crippen LogP contribution in [0.1, 0.15) is 69.2 Å². The Bertz CT molecular complexity index is 336. The molecule has 0 saturated heterocycles. The van der Waals surface area contributed by atoms with Crippen LogP contribution in [0.4, 0.5) is 0 Å². The van der Waals surface area contributed by atoms with Gasteiger partial charge in [-0.3, -0.25) is 11.3 Å². The number of hydrogen-bond donors (Lipinski definition) is 2. The summed E-state index contributed by atoms with van der Waals surface area (Å²) >= 11 is 8.81. The fourth-order valence-corrected chi connectivity index (χ4v) is 4.33. The quantitative estimate of drug-likeness (QED) is 0.285. The second-order valence-electron chi connectivity index (χ2n) is 4.90. The largest absolute Gasteiger partial charge is 0.271 e. The van der Waals surface area contributed by atoms with E-state index in [0.29, 0.717) is 0 Å². The van der Waals surface area contributed by atoms with Gasteiger partial charge < -0.3 is 0 Å². The molecule has 0 radical (unpaired) electrons. The summed E-state index contributed by atoms with van der Waals surface area (Å²) < 4.78 is 2.26. The van der Waals surface area contributed by atoms with E-state index in [4.69, 9.17) is 5.84 Å². The van der Waals surface area contributed by atoms with Crippen molar-refractivity contribution in [1.82, 2.24) is 5.43 Å². The zero-order valence-corrected chi connectivity index (χ0v) is 15.5. The van der Waals surface area contributed by atoms with Crippen LogP contribution < -0.4 is 11.3 Å². The molecule has 1 unspecified atom stereocenters. The maximum absolute atomic E-state index is 5.67. The molecule has 0 saturated carbocycles. The highest BCUT2D eigenvalue weighted by Gasteiger charge is 2.14. The maximum atomic E-state index is 5.67. The van der Waals surface area contributed by atoms with E-state index in [9.17, 15) is 0 Å². The first-order valence-corrected chi connectivity index (χ1v) is 9.50. The molecule has 0 aliphatic rings. The number of nitrogens with two attached hydrogens (primary N) is 1. The monoisotopic (exact) mass is 410 g/mol. The van der Waals surface area contributed by atoms with Gasteiger partial charge in [0.2, 0.25) is 0 Å². The van der Waals surface area contributed by atoms with Crippen LogP contribution in [0.15, 0.2) is 14.3 Å². The predicted molar refractivity (Wildman–Crippen MR) is 92.4 cm³/mol. The average molecular weight is 412 g/mol. The first kappa shape index (κ1) is 17.6. The number of rotatable bonds is 10. The minimum atomic E-state index is 0.281. The first-order valence-electron chi connectivity index (χ1n) is 7.09. The third-order valence-corrected chi connectivity index (χ3v) is 6.68. The average Bonchev–Trinajstić information content (AvgIpc) is 2.73. The van der Waals surface area contributed by atoms with Gasteiger partial charge in [-0.05, 0) is 44.3 Å². The van der Waals surface area contributed by atoms with E-state index in [0.717, 1.165) is 14.7 Å². The Morgan fingerprint density at radius 1 is 1.16 bits per heavy atom. The predicted octanol–water partition coefficient (Wildman–Crippen LogP) is 5.92. The highest BCUT2D eigenvalue weighted by Crippen LogP contribution is 2.36. The van der Waals surface area contributed by atoms with Gasteiger partial charge in [-0.1, -0.05) is 51.9 Å². The van der Waals surface area contributed by atoms with E-state index in [-0.39, 0.29) is 6.04 Å². The summed E-state index contributed by atoms with van der Waals surface area (Å²) in [7, 11) is 0. The fraction of sp³-hybridized carbons (Fsp3) is 0.714. The molecular weight excluding hydrogens is 388 g/mol. The van der Waals surface area contributed by atoms with Gasteiger partial charge in [0.1, 0.15) is 0 Å². The van der Waals surface area contributed by atoms with Crippen LogP contribution >= 0.6 is 43.2 Å². The van der Waals surface area contributed by atoms with Crippen molar-refractivity contribution in [3.63, 3.8) is 0 Å². The summed E-state index contributed by atoms with van der Waals surface area (Å²) in [6.07, 6.45) is 10.5. The molecule has 1 atom stereocenters. The Balaban J connectivity index is 2.22. The molecule has 1 rings (SSSR count). The summed E-state index contributed by atoms with van der Waals surface area (Å²) in [5.74, 6) is 5.67. The van der Waals surface area contributed by atoms with Crippen LogP contribution in [0.25, 0.3) is 0 Å². The highest BCUT2D eigenvalue weighted by atomic mass is 79.9. The van der Waals surface area contributed by atoms with Crippen molar-refractivity contribution in [3.8, 4) is 0 Å². The second-order valence-corrected chi connectivity index (χ2v) is 8.16. The van der Waals surface area contributed by atoms with Crippen molar-refractivity contribution in [2.24, 2.45) is 5.84 Å². The molecule has 3 N–H and O–H groups in total. The molecule has 0 amide bonds. The molecule has 1 heterocycles. The standard InChI is InChI=1S/C14H24Br2N2S/c1-2-3-4-5-6-7-8-9-12(18-17)13-10-11(15)14(16)19-13/h10,12,18H,2-9,17H2,1H3. The molecule has 110 valence electrons. The topological polar surface area (TPSA) is 38.0 Å².